The zero-order chi connectivity index (χ0) is 13.0. The van der Waals surface area contributed by atoms with Crippen LogP contribution in [0.1, 0.15) is 31.9 Å². The lowest BCUT2D eigenvalue weighted by Crippen LogP contribution is -2.31. The molecule has 3 heteroatoms. The van der Waals surface area contributed by atoms with E-state index in [-0.39, 0.29) is 0 Å². The molecular weight excluding hydrogens is 240 g/mol. The van der Waals surface area contributed by atoms with Crippen molar-refractivity contribution in [3.63, 3.8) is 0 Å². The Kier molecular flexibility index (Phi) is 4.70. The third kappa shape index (κ3) is 3.29. The third-order valence-electron chi connectivity index (χ3n) is 3.41. The smallest absolute Gasteiger partial charge is 0.157 e. The third-order valence-corrected chi connectivity index (χ3v) is 4.45. The van der Waals surface area contributed by atoms with Crippen molar-refractivity contribution in [1.82, 2.24) is 5.32 Å². The van der Waals surface area contributed by atoms with E-state index in [1.165, 1.54) is 11.1 Å². The van der Waals surface area contributed by atoms with Gasteiger partial charge in [0.1, 0.15) is 0 Å². The molecule has 2 rings (SSSR count). The second-order valence-electron chi connectivity index (χ2n) is 5.05. The predicted molar refractivity (Wildman–Crippen MR) is 81.2 cm³/mol. The highest BCUT2D eigenvalue weighted by molar-refractivity contribution is 8.14. The van der Waals surface area contributed by atoms with Gasteiger partial charge in [0.2, 0.25) is 0 Å². The average Bonchev–Trinajstić information content (AvgIpc) is 2.85. The van der Waals surface area contributed by atoms with Crippen LogP contribution in [-0.4, -0.2) is 17.0 Å². The topological polar surface area (TPSA) is 24.4 Å². The van der Waals surface area contributed by atoms with Crippen LogP contribution < -0.4 is 5.32 Å². The molecule has 1 saturated heterocycles. The van der Waals surface area contributed by atoms with Crippen LogP contribution in [0, 0.1) is 5.92 Å². The molecule has 0 bridgehead atoms. The molecule has 0 saturated carbocycles. The van der Waals surface area contributed by atoms with Crippen molar-refractivity contribution in [1.29, 1.82) is 0 Å². The summed E-state index contributed by atoms with van der Waals surface area (Å²) in [7, 11) is 0. The highest BCUT2D eigenvalue weighted by atomic mass is 32.2. The standard InChI is InChI=1S/C15H22N2S/c1-4-12-7-5-6-8-13(12)9-16-15-17-14(10-18-15)11(2)3/h5-8,11,14H,4,9-10H2,1-3H3,(H,16,17). The van der Waals surface area contributed by atoms with Gasteiger partial charge in [-0.05, 0) is 23.5 Å². The zero-order valence-corrected chi connectivity index (χ0v) is 12.3. The van der Waals surface area contributed by atoms with Crippen molar-refractivity contribution in [3.8, 4) is 0 Å². The molecule has 1 aliphatic rings. The number of thioether (sulfide) groups is 1. The number of hydrogen-bond donors (Lipinski definition) is 1. The fraction of sp³-hybridized carbons (Fsp3) is 0.533. The minimum atomic E-state index is 0.579. The van der Waals surface area contributed by atoms with Gasteiger partial charge in [0.25, 0.3) is 0 Å². The normalized spacial score (nSPS) is 21.6. The molecular formula is C15H22N2S. The zero-order valence-electron chi connectivity index (χ0n) is 11.4. The van der Waals surface area contributed by atoms with Gasteiger partial charge in [-0.25, -0.2) is 0 Å². The van der Waals surface area contributed by atoms with Crippen LogP contribution in [0.3, 0.4) is 0 Å². The number of nitrogens with one attached hydrogen (secondary N) is 1. The van der Waals surface area contributed by atoms with Crippen LogP contribution in [-0.2, 0) is 13.0 Å². The van der Waals surface area contributed by atoms with Crippen molar-refractivity contribution in [2.24, 2.45) is 10.9 Å². The number of nitrogens with zero attached hydrogens (tertiary/aromatic N) is 1. The Morgan fingerprint density at radius 1 is 1.33 bits per heavy atom. The first kappa shape index (κ1) is 13.5. The van der Waals surface area contributed by atoms with E-state index in [1.807, 2.05) is 11.8 Å². The molecule has 0 spiro atoms. The van der Waals surface area contributed by atoms with Crippen LogP contribution in [0.4, 0.5) is 0 Å². The van der Waals surface area contributed by atoms with E-state index < -0.39 is 0 Å². The van der Waals surface area contributed by atoms with Crippen molar-refractivity contribution < 1.29 is 0 Å². The highest BCUT2D eigenvalue weighted by Gasteiger charge is 2.22. The quantitative estimate of drug-likeness (QED) is 0.898. The number of aliphatic imine (C=N–C) groups is 1. The van der Waals surface area contributed by atoms with E-state index in [1.54, 1.807) is 0 Å². The lowest BCUT2D eigenvalue weighted by molar-refractivity contribution is 0.503. The Morgan fingerprint density at radius 2 is 2.06 bits per heavy atom. The Bertz CT molecular complexity index is 426. The molecule has 1 aromatic rings. The number of amidine groups is 1. The predicted octanol–water partition coefficient (Wildman–Crippen LogP) is 3.47. The molecule has 1 aromatic carbocycles. The minimum absolute atomic E-state index is 0.579. The molecule has 1 unspecified atom stereocenters. The molecule has 1 aliphatic heterocycles. The van der Waals surface area contributed by atoms with E-state index in [0.29, 0.717) is 12.0 Å². The summed E-state index contributed by atoms with van der Waals surface area (Å²) < 4.78 is 0. The minimum Gasteiger partial charge on any atom is -0.361 e. The summed E-state index contributed by atoms with van der Waals surface area (Å²) in [4.78, 5) is 4.70. The molecule has 0 aliphatic carbocycles. The van der Waals surface area contributed by atoms with Crippen LogP contribution in [0.25, 0.3) is 0 Å². The molecule has 2 nitrogen and oxygen atoms in total. The van der Waals surface area contributed by atoms with Gasteiger partial charge >= 0.3 is 0 Å². The summed E-state index contributed by atoms with van der Waals surface area (Å²) in [6.07, 6.45) is 1.08. The van der Waals surface area contributed by atoms with E-state index in [9.17, 15) is 0 Å². The molecule has 18 heavy (non-hydrogen) atoms. The fourth-order valence-electron chi connectivity index (χ4n) is 2.07. The molecule has 0 aromatic heterocycles. The lowest BCUT2D eigenvalue weighted by Gasteiger charge is -2.13. The highest BCUT2D eigenvalue weighted by Crippen LogP contribution is 2.20. The second kappa shape index (κ2) is 6.28. The summed E-state index contributed by atoms with van der Waals surface area (Å²) in [6, 6.07) is 9.16. The van der Waals surface area contributed by atoms with Gasteiger partial charge in [0, 0.05) is 11.8 Å². The summed E-state index contributed by atoms with van der Waals surface area (Å²) in [5.41, 5.74) is 2.76. The maximum absolute atomic E-state index is 4.70. The number of benzene rings is 1. The molecule has 98 valence electrons. The first-order valence-electron chi connectivity index (χ1n) is 6.71. The van der Waals surface area contributed by atoms with E-state index in [2.05, 4.69) is 50.4 Å². The molecule has 1 heterocycles. The molecule has 1 atom stereocenters. The van der Waals surface area contributed by atoms with Crippen LogP contribution in [0.2, 0.25) is 0 Å². The average molecular weight is 262 g/mol. The molecule has 0 amide bonds. The Hall–Kier alpha value is -0.960. The summed E-state index contributed by atoms with van der Waals surface area (Å²) in [5.74, 6) is 1.82. The maximum Gasteiger partial charge on any atom is 0.157 e. The van der Waals surface area contributed by atoms with Crippen molar-refractivity contribution in [3.05, 3.63) is 35.4 Å². The van der Waals surface area contributed by atoms with Crippen LogP contribution in [0.15, 0.2) is 29.3 Å². The molecule has 0 radical (unpaired) electrons. The summed E-state index contributed by atoms with van der Waals surface area (Å²) in [6.45, 7) is 7.51. The SMILES string of the molecule is CCc1ccccc1CN=C1NC(C(C)C)CS1. The van der Waals surface area contributed by atoms with Gasteiger partial charge in [0.05, 0.1) is 6.54 Å². The maximum atomic E-state index is 4.70. The molecule has 1 fully saturated rings. The van der Waals surface area contributed by atoms with E-state index in [0.717, 1.165) is 23.9 Å². The van der Waals surface area contributed by atoms with Crippen molar-refractivity contribution in [2.45, 2.75) is 39.8 Å². The van der Waals surface area contributed by atoms with Gasteiger partial charge in [-0.15, -0.1) is 0 Å². The Morgan fingerprint density at radius 3 is 2.67 bits per heavy atom. The first-order valence-corrected chi connectivity index (χ1v) is 7.69. The van der Waals surface area contributed by atoms with Gasteiger partial charge in [-0.2, -0.15) is 0 Å². The second-order valence-corrected chi connectivity index (χ2v) is 6.06. The largest absolute Gasteiger partial charge is 0.361 e. The molecule has 1 N–H and O–H groups in total. The van der Waals surface area contributed by atoms with Crippen molar-refractivity contribution >= 4 is 16.9 Å². The lowest BCUT2D eigenvalue weighted by atomic mass is 10.1. The summed E-state index contributed by atoms with van der Waals surface area (Å²) in [5, 5.41) is 4.62. The van der Waals surface area contributed by atoms with Gasteiger partial charge in [-0.3, -0.25) is 4.99 Å². The number of aryl methyl sites for hydroxylation is 1. The Balaban J connectivity index is 1.99. The van der Waals surface area contributed by atoms with Gasteiger partial charge in [0.15, 0.2) is 5.17 Å². The van der Waals surface area contributed by atoms with Crippen LogP contribution >= 0.6 is 11.8 Å². The van der Waals surface area contributed by atoms with Gasteiger partial charge in [-0.1, -0.05) is 56.8 Å². The Labute approximate surface area is 114 Å². The van der Waals surface area contributed by atoms with E-state index >= 15 is 0 Å². The first-order chi connectivity index (χ1) is 8.70. The number of rotatable bonds is 4. The van der Waals surface area contributed by atoms with Crippen LogP contribution in [0.5, 0.6) is 0 Å². The summed E-state index contributed by atoms with van der Waals surface area (Å²) >= 11 is 1.85. The number of hydrogen-bond acceptors (Lipinski definition) is 2. The fourth-order valence-corrected chi connectivity index (χ4v) is 3.27. The van der Waals surface area contributed by atoms with Crippen molar-refractivity contribution in [2.75, 3.05) is 5.75 Å². The monoisotopic (exact) mass is 262 g/mol. The van der Waals surface area contributed by atoms with E-state index in [4.69, 9.17) is 4.99 Å². The van der Waals surface area contributed by atoms with Gasteiger partial charge < -0.3 is 5.32 Å².